The smallest absolute Gasteiger partial charge is 0.250 e. The van der Waals surface area contributed by atoms with Crippen molar-refractivity contribution in [1.29, 1.82) is 0 Å². The second kappa shape index (κ2) is 5.63. The van der Waals surface area contributed by atoms with Gasteiger partial charge in [-0.2, -0.15) is 10.2 Å². The number of aryl methyl sites for hydroxylation is 2. The highest BCUT2D eigenvalue weighted by atomic mass is 16.2. The zero-order valence-electron chi connectivity index (χ0n) is 13.7. The van der Waals surface area contributed by atoms with E-state index >= 15 is 0 Å². The van der Waals surface area contributed by atoms with Crippen molar-refractivity contribution < 1.29 is 4.79 Å². The van der Waals surface area contributed by atoms with Gasteiger partial charge in [0.05, 0.1) is 17.8 Å². The summed E-state index contributed by atoms with van der Waals surface area (Å²) in [7, 11) is 3.71. The lowest BCUT2D eigenvalue weighted by atomic mass is 10.0. The van der Waals surface area contributed by atoms with Gasteiger partial charge < -0.3 is 5.32 Å². The van der Waals surface area contributed by atoms with Crippen LogP contribution in [-0.2, 0) is 18.9 Å². The largest absolute Gasteiger partial charge is 0.373 e. The lowest BCUT2D eigenvalue weighted by Gasteiger charge is -2.32. The summed E-state index contributed by atoms with van der Waals surface area (Å²) in [5.41, 5.74) is 1.69. The first-order valence-electron chi connectivity index (χ1n) is 7.98. The molecule has 124 valence electrons. The van der Waals surface area contributed by atoms with E-state index in [9.17, 15) is 4.79 Å². The van der Waals surface area contributed by atoms with Crippen LogP contribution in [0, 0.1) is 0 Å². The summed E-state index contributed by atoms with van der Waals surface area (Å²) in [5.74, 6) is 0.895. The molecule has 1 N–H and O–H groups in total. The standard InChI is InChI=1S/C16H19N7O/c1-21-14(6-8-18-21)23-9-3-4-13(16(23)24)20-12-5-7-17-15-11(12)10-19-22(15)2/h5-8,10,13H,3-4,9H2,1-2H3,(H,17,20). The molecular weight excluding hydrogens is 306 g/mol. The Morgan fingerprint density at radius 1 is 1.17 bits per heavy atom. The summed E-state index contributed by atoms with van der Waals surface area (Å²) in [6.07, 6.45) is 6.96. The minimum Gasteiger partial charge on any atom is -0.373 e. The van der Waals surface area contributed by atoms with Gasteiger partial charge in [0.2, 0.25) is 0 Å². The first kappa shape index (κ1) is 14.7. The number of amides is 1. The average Bonchev–Trinajstić information content (AvgIpc) is 3.17. The number of pyridine rings is 1. The lowest BCUT2D eigenvalue weighted by Crippen LogP contribution is -2.48. The number of hydrogen-bond acceptors (Lipinski definition) is 5. The van der Waals surface area contributed by atoms with Gasteiger partial charge in [-0.15, -0.1) is 0 Å². The predicted molar refractivity (Wildman–Crippen MR) is 90.7 cm³/mol. The summed E-state index contributed by atoms with van der Waals surface area (Å²) in [5, 5.41) is 12.7. The summed E-state index contributed by atoms with van der Waals surface area (Å²) in [4.78, 5) is 19.0. The van der Waals surface area contributed by atoms with Crippen molar-refractivity contribution >= 4 is 28.4 Å². The number of fused-ring (bicyclic) bond motifs is 1. The Balaban J connectivity index is 1.62. The second-order valence-corrected chi connectivity index (χ2v) is 6.01. The molecule has 1 atom stereocenters. The van der Waals surface area contributed by atoms with Crippen molar-refractivity contribution in [2.75, 3.05) is 16.8 Å². The molecule has 4 heterocycles. The van der Waals surface area contributed by atoms with E-state index in [1.165, 1.54) is 0 Å². The van der Waals surface area contributed by atoms with Gasteiger partial charge in [0.15, 0.2) is 5.65 Å². The molecule has 0 bridgehead atoms. The minimum absolute atomic E-state index is 0.0682. The molecular formula is C16H19N7O. The van der Waals surface area contributed by atoms with Crippen LogP contribution >= 0.6 is 0 Å². The Labute approximate surface area is 139 Å². The monoisotopic (exact) mass is 325 g/mol. The molecule has 0 radical (unpaired) electrons. The topological polar surface area (TPSA) is 80.9 Å². The van der Waals surface area contributed by atoms with Crippen molar-refractivity contribution in [3.8, 4) is 0 Å². The van der Waals surface area contributed by atoms with E-state index in [-0.39, 0.29) is 11.9 Å². The zero-order chi connectivity index (χ0) is 16.7. The highest BCUT2D eigenvalue weighted by Crippen LogP contribution is 2.26. The summed E-state index contributed by atoms with van der Waals surface area (Å²) in [6.45, 7) is 0.717. The van der Waals surface area contributed by atoms with Gasteiger partial charge in [0.1, 0.15) is 11.9 Å². The van der Waals surface area contributed by atoms with Gasteiger partial charge in [-0.25, -0.2) is 4.98 Å². The molecule has 0 aliphatic carbocycles. The van der Waals surface area contributed by atoms with Crippen LogP contribution in [0.1, 0.15) is 12.8 Å². The molecule has 3 aromatic heterocycles. The van der Waals surface area contributed by atoms with Crippen molar-refractivity contribution in [1.82, 2.24) is 24.5 Å². The fourth-order valence-electron chi connectivity index (χ4n) is 3.23. The van der Waals surface area contributed by atoms with Gasteiger partial charge in [-0.1, -0.05) is 0 Å². The quantitative estimate of drug-likeness (QED) is 0.785. The van der Waals surface area contributed by atoms with E-state index in [4.69, 9.17) is 0 Å². The number of nitrogens with one attached hydrogen (secondary N) is 1. The molecule has 3 aromatic rings. The van der Waals surface area contributed by atoms with Crippen LogP contribution in [0.4, 0.5) is 11.5 Å². The third-order valence-corrected chi connectivity index (χ3v) is 4.48. The maximum Gasteiger partial charge on any atom is 0.250 e. The Bertz CT molecular complexity index is 897. The molecule has 1 aliphatic rings. The number of anilines is 2. The summed E-state index contributed by atoms with van der Waals surface area (Å²) in [6, 6.07) is 3.49. The number of rotatable bonds is 3. The van der Waals surface area contributed by atoms with Crippen molar-refractivity contribution in [3.05, 3.63) is 30.7 Å². The molecule has 0 aromatic carbocycles. The van der Waals surface area contributed by atoms with Crippen molar-refractivity contribution in [3.63, 3.8) is 0 Å². The highest BCUT2D eigenvalue weighted by Gasteiger charge is 2.31. The lowest BCUT2D eigenvalue weighted by molar-refractivity contribution is -0.120. The molecule has 1 amide bonds. The van der Waals surface area contributed by atoms with Crippen LogP contribution in [0.5, 0.6) is 0 Å². The molecule has 4 rings (SSSR count). The van der Waals surface area contributed by atoms with Gasteiger partial charge in [-0.05, 0) is 18.9 Å². The van der Waals surface area contributed by atoms with Gasteiger partial charge in [0.25, 0.3) is 5.91 Å². The van der Waals surface area contributed by atoms with E-state index in [1.54, 1.807) is 32.9 Å². The Morgan fingerprint density at radius 3 is 2.83 bits per heavy atom. The molecule has 1 saturated heterocycles. The third kappa shape index (κ3) is 2.31. The van der Waals surface area contributed by atoms with Crippen LogP contribution in [0.25, 0.3) is 11.0 Å². The van der Waals surface area contributed by atoms with E-state index in [2.05, 4.69) is 20.5 Å². The molecule has 8 nitrogen and oxygen atoms in total. The number of nitrogens with zero attached hydrogens (tertiary/aromatic N) is 6. The summed E-state index contributed by atoms with van der Waals surface area (Å²) >= 11 is 0. The second-order valence-electron chi connectivity index (χ2n) is 6.01. The van der Waals surface area contributed by atoms with Crippen molar-refractivity contribution in [2.24, 2.45) is 14.1 Å². The molecule has 1 unspecified atom stereocenters. The van der Waals surface area contributed by atoms with Crippen molar-refractivity contribution in [2.45, 2.75) is 18.9 Å². The summed E-state index contributed by atoms with van der Waals surface area (Å²) < 4.78 is 3.46. The van der Waals surface area contributed by atoms with Gasteiger partial charge >= 0.3 is 0 Å². The van der Waals surface area contributed by atoms with Gasteiger partial charge in [-0.3, -0.25) is 19.1 Å². The Morgan fingerprint density at radius 2 is 2.04 bits per heavy atom. The third-order valence-electron chi connectivity index (χ3n) is 4.48. The fraction of sp³-hybridized carbons (Fsp3) is 0.375. The van der Waals surface area contributed by atoms with E-state index in [0.29, 0.717) is 0 Å². The molecule has 8 heteroatoms. The van der Waals surface area contributed by atoms with Gasteiger partial charge in [0, 0.05) is 38.6 Å². The maximum atomic E-state index is 12.9. The molecule has 1 aliphatic heterocycles. The number of carbonyl (C=O) groups is 1. The number of carbonyl (C=O) groups excluding carboxylic acids is 1. The predicted octanol–water partition coefficient (Wildman–Crippen LogP) is 1.31. The zero-order valence-corrected chi connectivity index (χ0v) is 13.7. The molecule has 0 spiro atoms. The average molecular weight is 325 g/mol. The number of hydrogen-bond donors (Lipinski definition) is 1. The van der Waals surface area contributed by atoms with Crippen LogP contribution in [0.2, 0.25) is 0 Å². The first-order chi connectivity index (χ1) is 11.6. The van der Waals surface area contributed by atoms with Crippen LogP contribution < -0.4 is 10.2 Å². The molecule has 1 fully saturated rings. The normalized spacial score (nSPS) is 18.3. The minimum atomic E-state index is -0.264. The van der Waals surface area contributed by atoms with Crippen LogP contribution in [-0.4, -0.2) is 43.0 Å². The SMILES string of the molecule is Cn1nccc1N1CCCC(Nc2ccnc3c2cnn3C)C1=O. The number of aromatic nitrogens is 5. The van der Waals surface area contributed by atoms with E-state index in [0.717, 1.165) is 41.9 Å². The number of piperidine rings is 1. The van der Waals surface area contributed by atoms with E-state index in [1.807, 2.05) is 26.2 Å². The van der Waals surface area contributed by atoms with Crippen LogP contribution in [0.15, 0.2) is 30.7 Å². The Hall–Kier alpha value is -2.90. The fourth-order valence-corrected chi connectivity index (χ4v) is 3.23. The molecule has 24 heavy (non-hydrogen) atoms. The van der Waals surface area contributed by atoms with Crippen LogP contribution in [0.3, 0.4) is 0 Å². The maximum absolute atomic E-state index is 12.9. The molecule has 0 saturated carbocycles. The first-order valence-corrected chi connectivity index (χ1v) is 7.98. The van der Waals surface area contributed by atoms with E-state index < -0.39 is 0 Å². The Kier molecular flexibility index (Phi) is 3.44. The highest BCUT2D eigenvalue weighted by molar-refractivity contribution is 6.00.